The number of carbonyl (C=O) groups is 3. The number of amides is 2. The zero-order valence-electron chi connectivity index (χ0n) is 13.9. The Labute approximate surface area is 158 Å². The highest BCUT2D eigenvalue weighted by Crippen LogP contribution is 2.27. The van der Waals surface area contributed by atoms with E-state index in [2.05, 4.69) is 15.4 Å². The number of ether oxygens (including phenoxy) is 1. The molecule has 9 heteroatoms. The molecule has 2 aromatic rings. The number of phenolic OH excluding ortho intramolecular Hbond substituents is 1. The van der Waals surface area contributed by atoms with Gasteiger partial charge in [-0.25, -0.2) is 0 Å². The number of halogens is 1. The third-order valence-electron chi connectivity index (χ3n) is 3.32. The molecule has 0 saturated carbocycles. The molecule has 0 atom stereocenters. The highest BCUT2D eigenvalue weighted by atomic mass is 35.5. The van der Waals surface area contributed by atoms with Crippen LogP contribution in [0.15, 0.2) is 30.3 Å². The van der Waals surface area contributed by atoms with Gasteiger partial charge in [0.25, 0.3) is 11.8 Å². The van der Waals surface area contributed by atoms with Crippen LogP contribution >= 0.6 is 22.9 Å². The standard InChI is InChI=1S/C17H17ClN2O5S/c1-25-14(22)5-6-19-17(24)15-12(18)8-13(26-15)16(23)20-9-10-3-2-4-11(21)7-10/h2-4,7-8,21H,5-6,9H2,1H3,(H,19,24)(H,20,23). The van der Waals surface area contributed by atoms with E-state index < -0.39 is 11.9 Å². The predicted octanol–water partition coefficient (Wildman–Crippen LogP) is 2.33. The van der Waals surface area contributed by atoms with Crippen LogP contribution in [0, 0.1) is 0 Å². The number of aromatic hydroxyl groups is 1. The van der Waals surface area contributed by atoms with E-state index in [0.717, 1.165) is 16.9 Å². The molecule has 0 saturated heterocycles. The van der Waals surface area contributed by atoms with Crippen LogP contribution in [0.4, 0.5) is 0 Å². The van der Waals surface area contributed by atoms with Gasteiger partial charge in [0.1, 0.15) is 10.6 Å². The average molecular weight is 397 g/mol. The minimum Gasteiger partial charge on any atom is -0.508 e. The SMILES string of the molecule is COC(=O)CCNC(=O)c1sc(C(=O)NCc2cccc(O)c2)cc1Cl. The van der Waals surface area contributed by atoms with Crippen LogP contribution in [0.3, 0.4) is 0 Å². The highest BCUT2D eigenvalue weighted by molar-refractivity contribution is 7.16. The number of hydrogen-bond donors (Lipinski definition) is 3. The van der Waals surface area contributed by atoms with Crippen molar-refractivity contribution in [3.05, 3.63) is 50.7 Å². The van der Waals surface area contributed by atoms with E-state index in [-0.39, 0.29) is 45.9 Å². The summed E-state index contributed by atoms with van der Waals surface area (Å²) in [7, 11) is 1.27. The van der Waals surface area contributed by atoms with Crippen molar-refractivity contribution < 1.29 is 24.2 Å². The number of esters is 1. The van der Waals surface area contributed by atoms with Gasteiger partial charge in [-0.1, -0.05) is 23.7 Å². The number of thiophene rings is 1. The lowest BCUT2D eigenvalue weighted by atomic mass is 10.2. The summed E-state index contributed by atoms with van der Waals surface area (Å²) in [5, 5.41) is 14.8. The molecule has 7 nitrogen and oxygen atoms in total. The fourth-order valence-corrected chi connectivity index (χ4v) is 3.29. The Bertz CT molecular complexity index is 821. The molecule has 2 amide bonds. The lowest BCUT2D eigenvalue weighted by Crippen LogP contribution is -2.25. The summed E-state index contributed by atoms with van der Waals surface area (Å²) in [6, 6.07) is 7.94. The Morgan fingerprint density at radius 2 is 1.96 bits per heavy atom. The smallest absolute Gasteiger partial charge is 0.307 e. The second kappa shape index (κ2) is 9.21. The number of phenols is 1. The molecule has 0 aliphatic carbocycles. The van der Waals surface area contributed by atoms with Gasteiger partial charge in [-0.3, -0.25) is 14.4 Å². The zero-order chi connectivity index (χ0) is 19.1. The molecule has 0 radical (unpaired) electrons. The average Bonchev–Trinajstić information content (AvgIpc) is 3.01. The van der Waals surface area contributed by atoms with Crippen LogP contribution in [0.5, 0.6) is 5.75 Å². The minimum absolute atomic E-state index is 0.0441. The number of carbonyl (C=O) groups excluding carboxylic acids is 3. The van der Waals surface area contributed by atoms with Crippen molar-refractivity contribution in [1.82, 2.24) is 10.6 Å². The van der Waals surface area contributed by atoms with Crippen molar-refractivity contribution in [2.75, 3.05) is 13.7 Å². The van der Waals surface area contributed by atoms with E-state index in [1.165, 1.54) is 19.2 Å². The van der Waals surface area contributed by atoms with Gasteiger partial charge in [0.2, 0.25) is 0 Å². The summed E-state index contributed by atoms with van der Waals surface area (Å²) >= 11 is 6.99. The topological polar surface area (TPSA) is 105 Å². The lowest BCUT2D eigenvalue weighted by Gasteiger charge is -2.04. The van der Waals surface area contributed by atoms with Gasteiger partial charge in [0.15, 0.2) is 0 Å². The van der Waals surface area contributed by atoms with Gasteiger partial charge in [-0.05, 0) is 23.8 Å². The van der Waals surface area contributed by atoms with Crippen LogP contribution in [0.1, 0.15) is 31.3 Å². The van der Waals surface area contributed by atoms with Crippen molar-refractivity contribution in [2.45, 2.75) is 13.0 Å². The van der Waals surface area contributed by atoms with E-state index in [1.54, 1.807) is 18.2 Å². The zero-order valence-corrected chi connectivity index (χ0v) is 15.4. The third-order valence-corrected chi connectivity index (χ3v) is 4.87. The van der Waals surface area contributed by atoms with Crippen LogP contribution in [-0.2, 0) is 16.1 Å². The maximum Gasteiger partial charge on any atom is 0.307 e. The Morgan fingerprint density at radius 3 is 2.65 bits per heavy atom. The van der Waals surface area contributed by atoms with Crippen molar-refractivity contribution >= 4 is 40.7 Å². The third kappa shape index (κ3) is 5.47. The largest absolute Gasteiger partial charge is 0.508 e. The van der Waals surface area contributed by atoms with E-state index in [1.807, 2.05) is 0 Å². The first-order valence-corrected chi connectivity index (χ1v) is 8.80. The molecule has 0 unspecified atom stereocenters. The Kier molecular flexibility index (Phi) is 6.99. The molecule has 138 valence electrons. The number of benzene rings is 1. The Balaban J connectivity index is 1.94. The maximum atomic E-state index is 12.2. The molecule has 0 bridgehead atoms. The summed E-state index contributed by atoms with van der Waals surface area (Å²) in [4.78, 5) is 35.8. The normalized spacial score (nSPS) is 10.2. The van der Waals surface area contributed by atoms with E-state index in [4.69, 9.17) is 11.6 Å². The first-order valence-electron chi connectivity index (χ1n) is 7.61. The van der Waals surface area contributed by atoms with Gasteiger partial charge in [-0.15, -0.1) is 11.3 Å². The molecule has 2 rings (SSSR count). The first kappa shape index (κ1) is 19.7. The minimum atomic E-state index is -0.462. The number of nitrogens with one attached hydrogen (secondary N) is 2. The number of rotatable bonds is 7. The van der Waals surface area contributed by atoms with Gasteiger partial charge < -0.3 is 20.5 Å². The van der Waals surface area contributed by atoms with Crippen molar-refractivity contribution in [3.63, 3.8) is 0 Å². The Hall–Kier alpha value is -2.58. The molecule has 0 aliphatic heterocycles. The molecular formula is C17H17ClN2O5S. The quantitative estimate of drug-likeness (QED) is 0.623. The summed E-state index contributed by atoms with van der Waals surface area (Å²) in [6.07, 6.45) is 0.0441. The van der Waals surface area contributed by atoms with E-state index in [0.29, 0.717) is 0 Å². The van der Waals surface area contributed by atoms with E-state index >= 15 is 0 Å². The second-order valence-corrected chi connectivity index (χ2v) is 6.68. The van der Waals surface area contributed by atoms with Gasteiger partial charge in [0, 0.05) is 13.1 Å². The summed E-state index contributed by atoms with van der Waals surface area (Å²) in [6.45, 7) is 0.335. The summed E-state index contributed by atoms with van der Waals surface area (Å²) < 4.78 is 4.49. The second-order valence-electron chi connectivity index (χ2n) is 5.22. The first-order chi connectivity index (χ1) is 12.4. The van der Waals surface area contributed by atoms with Crippen LogP contribution in [-0.4, -0.2) is 36.5 Å². The molecule has 1 aromatic carbocycles. The fourth-order valence-electron chi connectivity index (χ4n) is 2.03. The molecule has 1 aromatic heterocycles. The molecule has 1 heterocycles. The molecule has 0 fully saturated rings. The van der Waals surface area contributed by atoms with Gasteiger partial charge in [-0.2, -0.15) is 0 Å². The molecular weight excluding hydrogens is 380 g/mol. The van der Waals surface area contributed by atoms with Crippen molar-refractivity contribution in [2.24, 2.45) is 0 Å². The van der Waals surface area contributed by atoms with E-state index in [9.17, 15) is 19.5 Å². The number of methoxy groups -OCH3 is 1. The summed E-state index contributed by atoms with van der Waals surface area (Å²) in [5.74, 6) is -1.17. The van der Waals surface area contributed by atoms with Crippen LogP contribution in [0.2, 0.25) is 5.02 Å². The monoisotopic (exact) mass is 396 g/mol. The number of hydrogen-bond acceptors (Lipinski definition) is 6. The van der Waals surface area contributed by atoms with Gasteiger partial charge >= 0.3 is 5.97 Å². The Morgan fingerprint density at radius 1 is 1.19 bits per heavy atom. The molecule has 0 aliphatic rings. The molecule has 26 heavy (non-hydrogen) atoms. The molecule has 0 spiro atoms. The van der Waals surface area contributed by atoms with Crippen LogP contribution in [0.25, 0.3) is 0 Å². The van der Waals surface area contributed by atoms with Gasteiger partial charge in [0.05, 0.1) is 23.4 Å². The highest BCUT2D eigenvalue weighted by Gasteiger charge is 2.18. The van der Waals surface area contributed by atoms with Crippen molar-refractivity contribution in [1.29, 1.82) is 0 Å². The fraction of sp³-hybridized carbons (Fsp3) is 0.235. The lowest BCUT2D eigenvalue weighted by molar-refractivity contribution is -0.140. The molecule has 3 N–H and O–H groups in total. The van der Waals surface area contributed by atoms with Crippen LogP contribution < -0.4 is 10.6 Å². The maximum absolute atomic E-state index is 12.2. The summed E-state index contributed by atoms with van der Waals surface area (Å²) in [5.41, 5.74) is 0.738. The predicted molar refractivity (Wildman–Crippen MR) is 97.6 cm³/mol. The van der Waals surface area contributed by atoms with Crippen molar-refractivity contribution in [3.8, 4) is 5.75 Å².